The van der Waals surface area contributed by atoms with Crippen LogP contribution in [0.15, 0.2) is 60.8 Å². The number of nitrogens with one attached hydrogen (secondary N) is 1. The van der Waals surface area contributed by atoms with Crippen molar-refractivity contribution in [3.05, 3.63) is 94.6 Å². The van der Waals surface area contributed by atoms with Gasteiger partial charge in [-0.3, -0.25) is 9.78 Å². The lowest BCUT2D eigenvalue weighted by Gasteiger charge is -2.33. The summed E-state index contributed by atoms with van der Waals surface area (Å²) in [6, 6.07) is 14.2. The maximum atomic E-state index is 14.0. The van der Waals surface area contributed by atoms with Gasteiger partial charge in [0.1, 0.15) is 17.6 Å². The predicted octanol–water partition coefficient (Wildman–Crippen LogP) is 6.04. The molecule has 0 fully saturated rings. The number of halogens is 4. The molecule has 1 heterocycles. The van der Waals surface area contributed by atoms with Crippen LogP contribution in [0.5, 0.6) is 0 Å². The zero-order valence-electron chi connectivity index (χ0n) is 20.0. The number of pyridine rings is 1. The molecule has 1 N–H and O–H groups in total. The highest BCUT2D eigenvalue weighted by atomic mass is 19.4. The standard InChI is InChI=1S/C27H29F4N3O/c1-4-19-7-10-21(11-8-19)25(26(35)32-3)34(22-12-13-23(28)18(2)16-22)15-5-6-20-9-14-24(33-17-20)27(29,30)31/h7-14,16-17,25H,4-6,15H2,1-3H3,(H,32,35)/t25-/m1/s1. The normalized spacial score (nSPS) is 12.3. The number of aromatic nitrogens is 1. The van der Waals surface area contributed by atoms with Gasteiger partial charge < -0.3 is 10.2 Å². The van der Waals surface area contributed by atoms with Gasteiger partial charge in [-0.2, -0.15) is 13.2 Å². The van der Waals surface area contributed by atoms with Crippen LogP contribution in [-0.2, 0) is 23.8 Å². The molecule has 0 spiro atoms. The van der Waals surface area contributed by atoms with Gasteiger partial charge in [0, 0.05) is 25.5 Å². The molecule has 35 heavy (non-hydrogen) atoms. The maximum Gasteiger partial charge on any atom is 0.433 e. The Balaban J connectivity index is 1.89. The van der Waals surface area contributed by atoms with Crippen LogP contribution in [0.4, 0.5) is 23.2 Å². The molecular weight excluding hydrogens is 458 g/mol. The maximum absolute atomic E-state index is 14.0. The smallest absolute Gasteiger partial charge is 0.357 e. The van der Waals surface area contributed by atoms with E-state index in [9.17, 15) is 22.4 Å². The molecule has 1 atom stereocenters. The van der Waals surface area contributed by atoms with E-state index in [0.29, 0.717) is 36.2 Å². The van der Waals surface area contributed by atoms with Gasteiger partial charge in [-0.15, -0.1) is 0 Å². The molecule has 3 aromatic rings. The van der Waals surface area contributed by atoms with Crippen molar-refractivity contribution >= 4 is 11.6 Å². The molecule has 1 aromatic heterocycles. The number of alkyl halides is 3. The number of carbonyl (C=O) groups excluding carboxylic acids is 1. The molecule has 3 rings (SSSR count). The predicted molar refractivity (Wildman–Crippen MR) is 129 cm³/mol. The summed E-state index contributed by atoms with van der Waals surface area (Å²) in [6.45, 7) is 4.13. The molecule has 4 nitrogen and oxygen atoms in total. The van der Waals surface area contributed by atoms with Crippen LogP contribution in [0.3, 0.4) is 0 Å². The summed E-state index contributed by atoms with van der Waals surface area (Å²) in [5.74, 6) is -0.555. The lowest BCUT2D eigenvalue weighted by molar-refractivity contribution is -0.141. The van der Waals surface area contributed by atoms with E-state index in [2.05, 4.69) is 17.2 Å². The second-order valence-electron chi connectivity index (χ2n) is 8.39. The van der Waals surface area contributed by atoms with Crippen LogP contribution in [0.25, 0.3) is 0 Å². The largest absolute Gasteiger partial charge is 0.433 e. The first-order valence-electron chi connectivity index (χ1n) is 11.5. The molecule has 0 aliphatic carbocycles. The molecule has 0 bridgehead atoms. The van der Waals surface area contributed by atoms with Gasteiger partial charge in [0.25, 0.3) is 0 Å². The van der Waals surface area contributed by atoms with E-state index in [1.54, 1.807) is 26.1 Å². The number of rotatable bonds is 9. The first-order chi connectivity index (χ1) is 16.6. The second kappa shape index (κ2) is 11.3. The summed E-state index contributed by atoms with van der Waals surface area (Å²) < 4.78 is 52.4. The average Bonchev–Trinajstić information content (AvgIpc) is 2.85. The summed E-state index contributed by atoms with van der Waals surface area (Å²) in [4.78, 5) is 18.5. The number of carbonyl (C=O) groups is 1. The van der Waals surface area contributed by atoms with Crippen molar-refractivity contribution in [3.63, 3.8) is 0 Å². The molecule has 0 saturated heterocycles. The molecule has 0 radical (unpaired) electrons. The van der Waals surface area contributed by atoms with Gasteiger partial charge in [-0.1, -0.05) is 37.3 Å². The molecule has 8 heteroatoms. The number of benzene rings is 2. The third-order valence-corrected chi connectivity index (χ3v) is 5.96. The summed E-state index contributed by atoms with van der Waals surface area (Å²) in [6.07, 6.45) is -1.37. The van der Waals surface area contributed by atoms with Crippen LogP contribution < -0.4 is 10.2 Å². The fraction of sp³-hybridized carbons (Fsp3) is 0.333. The molecule has 0 aliphatic rings. The molecule has 0 saturated carbocycles. The topological polar surface area (TPSA) is 45.2 Å². The Morgan fingerprint density at radius 1 is 1.06 bits per heavy atom. The van der Waals surface area contributed by atoms with Crippen molar-refractivity contribution in [2.45, 2.75) is 45.3 Å². The summed E-state index contributed by atoms with van der Waals surface area (Å²) in [7, 11) is 1.57. The lowest BCUT2D eigenvalue weighted by Crippen LogP contribution is -2.40. The quantitative estimate of drug-likeness (QED) is 0.375. The number of anilines is 1. The van der Waals surface area contributed by atoms with Crippen molar-refractivity contribution in [3.8, 4) is 0 Å². The van der Waals surface area contributed by atoms with Crippen molar-refractivity contribution in [1.29, 1.82) is 0 Å². The van der Waals surface area contributed by atoms with Crippen molar-refractivity contribution in [2.75, 3.05) is 18.5 Å². The van der Waals surface area contributed by atoms with Crippen LogP contribution in [0.1, 0.15) is 47.3 Å². The van der Waals surface area contributed by atoms with Gasteiger partial charge in [0.05, 0.1) is 0 Å². The van der Waals surface area contributed by atoms with Gasteiger partial charge in [-0.25, -0.2) is 4.39 Å². The summed E-state index contributed by atoms with van der Waals surface area (Å²) in [5, 5.41) is 2.73. The van der Waals surface area contributed by atoms with E-state index < -0.39 is 17.9 Å². The first-order valence-corrected chi connectivity index (χ1v) is 11.5. The van der Waals surface area contributed by atoms with E-state index in [4.69, 9.17) is 0 Å². The SMILES string of the molecule is CCc1ccc([C@H](C(=O)NC)N(CCCc2ccc(C(F)(F)F)nc2)c2ccc(F)c(C)c2)cc1. The monoisotopic (exact) mass is 487 g/mol. The highest BCUT2D eigenvalue weighted by Crippen LogP contribution is 2.30. The fourth-order valence-corrected chi connectivity index (χ4v) is 3.95. The second-order valence-corrected chi connectivity index (χ2v) is 8.39. The number of amides is 1. The third-order valence-electron chi connectivity index (χ3n) is 5.96. The number of aryl methyl sites for hydroxylation is 3. The third kappa shape index (κ3) is 6.59. The van der Waals surface area contributed by atoms with Crippen LogP contribution in [0, 0.1) is 12.7 Å². The zero-order chi connectivity index (χ0) is 25.6. The van der Waals surface area contributed by atoms with E-state index in [1.165, 1.54) is 18.3 Å². The fourth-order valence-electron chi connectivity index (χ4n) is 3.95. The minimum Gasteiger partial charge on any atom is -0.357 e. The molecule has 1 amide bonds. The number of hydrogen-bond donors (Lipinski definition) is 1. The Morgan fingerprint density at radius 2 is 1.74 bits per heavy atom. The average molecular weight is 488 g/mol. The Kier molecular flexibility index (Phi) is 8.48. The highest BCUT2D eigenvalue weighted by Gasteiger charge is 2.32. The highest BCUT2D eigenvalue weighted by molar-refractivity contribution is 5.86. The van der Waals surface area contributed by atoms with E-state index >= 15 is 0 Å². The Bertz CT molecular complexity index is 1130. The minimum absolute atomic E-state index is 0.215. The minimum atomic E-state index is -4.48. The van der Waals surface area contributed by atoms with Gasteiger partial charge in [0.15, 0.2) is 0 Å². The van der Waals surface area contributed by atoms with Gasteiger partial charge in [0.2, 0.25) is 5.91 Å². The summed E-state index contributed by atoms with van der Waals surface area (Å²) >= 11 is 0. The van der Waals surface area contributed by atoms with E-state index in [0.717, 1.165) is 23.6 Å². The lowest BCUT2D eigenvalue weighted by atomic mass is 10.00. The molecule has 0 aliphatic heterocycles. The Hall–Kier alpha value is -3.42. The molecular formula is C27H29F4N3O. The molecule has 0 unspecified atom stereocenters. The Morgan fingerprint density at radius 3 is 2.29 bits per heavy atom. The number of likely N-dealkylation sites (N-methyl/N-ethyl adjacent to an activating group) is 1. The molecule has 186 valence electrons. The van der Waals surface area contributed by atoms with Crippen molar-refractivity contribution in [1.82, 2.24) is 10.3 Å². The van der Waals surface area contributed by atoms with Crippen molar-refractivity contribution in [2.24, 2.45) is 0 Å². The summed E-state index contributed by atoms with van der Waals surface area (Å²) in [5.41, 5.74) is 2.80. The van der Waals surface area contributed by atoms with Crippen molar-refractivity contribution < 1.29 is 22.4 Å². The number of nitrogens with zero attached hydrogens (tertiary/aromatic N) is 2. The molecule has 2 aromatic carbocycles. The number of hydrogen-bond acceptors (Lipinski definition) is 3. The van der Waals surface area contributed by atoms with Gasteiger partial charge in [-0.05, 0) is 72.7 Å². The van der Waals surface area contributed by atoms with Gasteiger partial charge >= 0.3 is 6.18 Å². The van der Waals surface area contributed by atoms with Crippen LogP contribution >= 0.6 is 0 Å². The van der Waals surface area contributed by atoms with Crippen LogP contribution in [-0.4, -0.2) is 24.5 Å². The zero-order valence-corrected chi connectivity index (χ0v) is 20.0. The van der Waals surface area contributed by atoms with E-state index in [-0.39, 0.29) is 11.7 Å². The van der Waals surface area contributed by atoms with E-state index in [1.807, 2.05) is 29.2 Å². The van der Waals surface area contributed by atoms with Crippen LogP contribution in [0.2, 0.25) is 0 Å². The Labute approximate surface area is 203 Å². The first kappa shape index (κ1) is 26.2.